The molecule has 1 aliphatic rings. The van der Waals surface area contributed by atoms with Crippen molar-refractivity contribution in [3.63, 3.8) is 0 Å². The molecular weight excluding hydrogens is 517 g/mol. The first-order valence-electron chi connectivity index (χ1n) is 11.7. The van der Waals surface area contributed by atoms with E-state index in [4.69, 9.17) is 5.73 Å². The lowest BCUT2D eigenvalue weighted by Crippen LogP contribution is -2.15. The van der Waals surface area contributed by atoms with E-state index in [1.54, 1.807) is 31.3 Å². The van der Waals surface area contributed by atoms with Gasteiger partial charge in [-0.1, -0.05) is 17.4 Å². The molecule has 4 aromatic rings. The van der Waals surface area contributed by atoms with Gasteiger partial charge in [0.1, 0.15) is 4.88 Å². The van der Waals surface area contributed by atoms with Gasteiger partial charge in [0.25, 0.3) is 11.8 Å². The van der Waals surface area contributed by atoms with Crippen LogP contribution in [0.2, 0.25) is 0 Å². The van der Waals surface area contributed by atoms with Crippen LogP contribution in [-0.2, 0) is 6.18 Å². The zero-order chi connectivity index (χ0) is 27.2. The Morgan fingerprint density at radius 2 is 1.89 bits per heavy atom. The molecule has 2 aromatic carbocycles. The Labute approximate surface area is 219 Å². The number of alkyl halides is 3. The molecule has 0 aliphatic heterocycles. The standard InChI is InChI=1S/C26H23F3N6O2S/c1-13-3-4-18(10-20(13)21-22(23(30)36)38-25(34-21)33-17-5-6-17)32-24(37)15-7-16(26(27,28)29)9-19(8-15)35-11-14(2)31-12-35/h3-4,7-12,17H,5-6H2,1-2H3,(H2,30,36)(H,32,37)(H,33,34). The average molecular weight is 541 g/mol. The van der Waals surface area contributed by atoms with Crippen molar-refractivity contribution in [1.29, 1.82) is 0 Å². The first-order valence-corrected chi connectivity index (χ1v) is 12.5. The number of imidazole rings is 1. The topological polar surface area (TPSA) is 115 Å². The van der Waals surface area contributed by atoms with Gasteiger partial charge in [-0.15, -0.1) is 0 Å². The third-order valence-corrected chi connectivity index (χ3v) is 7.02. The van der Waals surface area contributed by atoms with E-state index in [1.165, 1.54) is 17.0 Å². The molecule has 196 valence electrons. The minimum absolute atomic E-state index is 0.152. The maximum Gasteiger partial charge on any atom is 0.416 e. The van der Waals surface area contributed by atoms with Crippen LogP contribution in [0.25, 0.3) is 16.9 Å². The van der Waals surface area contributed by atoms with E-state index in [9.17, 15) is 22.8 Å². The second-order valence-corrected chi connectivity index (χ2v) is 10.2. The van der Waals surface area contributed by atoms with E-state index < -0.39 is 23.6 Å². The Balaban J connectivity index is 1.48. The van der Waals surface area contributed by atoms with Crippen molar-refractivity contribution in [1.82, 2.24) is 14.5 Å². The average Bonchev–Trinajstić information content (AvgIpc) is 3.39. The van der Waals surface area contributed by atoms with Crippen molar-refractivity contribution in [3.8, 4) is 16.9 Å². The largest absolute Gasteiger partial charge is 0.416 e. The quantitative estimate of drug-likeness (QED) is 0.284. The first-order chi connectivity index (χ1) is 18.0. The van der Waals surface area contributed by atoms with Gasteiger partial charge >= 0.3 is 6.18 Å². The molecule has 0 saturated heterocycles. The smallest absolute Gasteiger partial charge is 0.365 e. The van der Waals surface area contributed by atoms with E-state index in [0.29, 0.717) is 33.8 Å². The van der Waals surface area contributed by atoms with Gasteiger partial charge in [-0.05, 0) is 62.6 Å². The SMILES string of the molecule is Cc1cn(-c2cc(C(=O)Nc3ccc(C)c(-c4nc(NC5CC5)sc4C(N)=O)c3)cc(C(F)(F)F)c2)cn1. The number of nitrogens with one attached hydrogen (secondary N) is 2. The summed E-state index contributed by atoms with van der Waals surface area (Å²) in [4.78, 5) is 34.1. The summed E-state index contributed by atoms with van der Waals surface area (Å²) in [5.41, 5.74) is 7.32. The molecule has 1 fully saturated rings. The fraction of sp³-hybridized carbons (Fsp3) is 0.231. The Bertz CT molecular complexity index is 1550. The van der Waals surface area contributed by atoms with Crippen LogP contribution >= 0.6 is 11.3 Å². The number of halogens is 3. The Hall–Kier alpha value is -4.19. The minimum atomic E-state index is -4.65. The molecule has 0 bridgehead atoms. The number of hydrogen-bond donors (Lipinski definition) is 3. The van der Waals surface area contributed by atoms with Crippen LogP contribution in [-0.4, -0.2) is 32.4 Å². The molecular formula is C26H23F3N6O2S. The number of anilines is 2. The van der Waals surface area contributed by atoms with Crippen molar-refractivity contribution in [2.45, 2.75) is 38.9 Å². The van der Waals surface area contributed by atoms with Crippen LogP contribution in [0, 0.1) is 13.8 Å². The third-order valence-electron chi connectivity index (χ3n) is 6.02. The molecule has 0 spiro atoms. The highest BCUT2D eigenvalue weighted by Crippen LogP contribution is 2.37. The van der Waals surface area contributed by atoms with Crippen LogP contribution in [0.5, 0.6) is 0 Å². The lowest BCUT2D eigenvalue weighted by atomic mass is 10.0. The predicted octanol–water partition coefficient (Wildman–Crippen LogP) is 5.56. The Kier molecular flexibility index (Phi) is 6.43. The Morgan fingerprint density at radius 1 is 1.13 bits per heavy atom. The lowest BCUT2D eigenvalue weighted by molar-refractivity contribution is -0.137. The number of amides is 2. The van der Waals surface area contributed by atoms with Crippen LogP contribution in [0.15, 0.2) is 48.9 Å². The van der Waals surface area contributed by atoms with E-state index in [2.05, 4.69) is 20.6 Å². The summed E-state index contributed by atoms with van der Waals surface area (Å²) < 4.78 is 42.3. The molecule has 1 aliphatic carbocycles. The van der Waals surface area contributed by atoms with Gasteiger partial charge in [0.2, 0.25) is 0 Å². The van der Waals surface area contributed by atoms with Crippen LogP contribution < -0.4 is 16.4 Å². The van der Waals surface area contributed by atoms with Gasteiger partial charge < -0.3 is 20.9 Å². The third kappa shape index (κ3) is 5.40. The van der Waals surface area contributed by atoms with E-state index in [-0.39, 0.29) is 16.1 Å². The number of aromatic nitrogens is 3. The van der Waals surface area contributed by atoms with Gasteiger partial charge in [0, 0.05) is 34.7 Å². The highest BCUT2D eigenvalue weighted by atomic mass is 32.1. The number of primary amides is 1. The molecule has 12 heteroatoms. The number of carbonyl (C=O) groups excluding carboxylic acids is 2. The first kappa shape index (κ1) is 25.5. The number of nitrogens with zero attached hydrogens (tertiary/aromatic N) is 3. The predicted molar refractivity (Wildman–Crippen MR) is 139 cm³/mol. The fourth-order valence-corrected chi connectivity index (χ4v) is 4.82. The monoisotopic (exact) mass is 540 g/mol. The molecule has 0 atom stereocenters. The molecule has 2 heterocycles. The summed E-state index contributed by atoms with van der Waals surface area (Å²) in [5, 5.41) is 6.51. The molecule has 4 N–H and O–H groups in total. The molecule has 1 saturated carbocycles. The number of hydrogen-bond acceptors (Lipinski definition) is 6. The van der Waals surface area contributed by atoms with Gasteiger partial charge in [0.05, 0.1) is 23.3 Å². The van der Waals surface area contributed by atoms with E-state index in [1.807, 2.05) is 6.92 Å². The molecule has 2 amide bonds. The fourth-order valence-electron chi connectivity index (χ4n) is 3.91. The second-order valence-electron chi connectivity index (χ2n) is 9.15. The van der Waals surface area contributed by atoms with E-state index >= 15 is 0 Å². The normalized spacial score (nSPS) is 13.4. The van der Waals surface area contributed by atoms with Crippen molar-refractivity contribution in [2.24, 2.45) is 5.73 Å². The van der Waals surface area contributed by atoms with Gasteiger partial charge in [-0.3, -0.25) is 9.59 Å². The summed E-state index contributed by atoms with van der Waals surface area (Å²) in [6, 6.07) is 8.44. The number of nitrogens with two attached hydrogens (primary N) is 1. The van der Waals surface area contributed by atoms with Gasteiger partial charge in [0.15, 0.2) is 5.13 Å². The summed E-state index contributed by atoms with van der Waals surface area (Å²) in [6.07, 6.45) is 0.354. The summed E-state index contributed by atoms with van der Waals surface area (Å²) in [6.45, 7) is 3.54. The van der Waals surface area contributed by atoms with Crippen molar-refractivity contribution >= 4 is 34.0 Å². The minimum Gasteiger partial charge on any atom is -0.365 e. The summed E-state index contributed by atoms with van der Waals surface area (Å²) >= 11 is 1.16. The van der Waals surface area contributed by atoms with Crippen molar-refractivity contribution in [3.05, 3.63) is 76.2 Å². The number of benzene rings is 2. The number of rotatable bonds is 7. The maximum absolute atomic E-state index is 13.6. The number of carbonyl (C=O) groups is 2. The Morgan fingerprint density at radius 3 is 2.53 bits per heavy atom. The molecule has 8 nitrogen and oxygen atoms in total. The van der Waals surface area contributed by atoms with Gasteiger partial charge in [-0.2, -0.15) is 13.2 Å². The highest BCUT2D eigenvalue weighted by Gasteiger charge is 2.32. The number of aryl methyl sites for hydroxylation is 2. The van der Waals surface area contributed by atoms with Crippen LogP contribution in [0.4, 0.5) is 24.0 Å². The molecule has 0 radical (unpaired) electrons. The van der Waals surface area contributed by atoms with Crippen molar-refractivity contribution in [2.75, 3.05) is 10.6 Å². The number of thiazole rings is 1. The lowest BCUT2D eigenvalue weighted by Gasteiger charge is -2.14. The van der Waals surface area contributed by atoms with Crippen molar-refractivity contribution < 1.29 is 22.8 Å². The second kappa shape index (κ2) is 9.60. The highest BCUT2D eigenvalue weighted by molar-refractivity contribution is 7.18. The molecule has 5 rings (SSSR count). The molecule has 38 heavy (non-hydrogen) atoms. The zero-order valence-corrected chi connectivity index (χ0v) is 21.2. The molecule has 2 aromatic heterocycles. The van der Waals surface area contributed by atoms with Crippen LogP contribution in [0.3, 0.4) is 0 Å². The zero-order valence-electron chi connectivity index (χ0n) is 20.4. The summed E-state index contributed by atoms with van der Waals surface area (Å²) in [5.74, 6) is -1.35. The molecule has 0 unspecified atom stereocenters. The van der Waals surface area contributed by atoms with E-state index in [0.717, 1.165) is 41.9 Å². The van der Waals surface area contributed by atoms with Crippen LogP contribution in [0.1, 0.15) is 49.7 Å². The van der Waals surface area contributed by atoms with Gasteiger partial charge in [-0.25, -0.2) is 9.97 Å². The summed E-state index contributed by atoms with van der Waals surface area (Å²) in [7, 11) is 0. The maximum atomic E-state index is 13.6.